The summed E-state index contributed by atoms with van der Waals surface area (Å²) in [6.07, 6.45) is -11.2. The molecule has 0 heterocycles. The SMILES string of the molecule is CCCC(C)(CC)C(=O)OC(C)(C)C(O)(C(F)(F)F)C(F)(F)F. The highest BCUT2D eigenvalue weighted by molar-refractivity contribution is 5.76. The zero-order valence-electron chi connectivity index (χ0n) is 13.7. The largest absolute Gasteiger partial charge is 0.455 e. The summed E-state index contributed by atoms with van der Waals surface area (Å²) in [5.41, 5.74) is -9.65. The third kappa shape index (κ3) is 3.92. The molecule has 138 valence electrons. The molecule has 0 aromatic carbocycles. The van der Waals surface area contributed by atoms with Crippen molar-refractivity contribution in [3.63, 3.8) is 0 Å². The lowest BCUT2D eigenvalue weighted by Gasteiger charge is -2.44. The Morgan fingerprint density at radius 1 is 0.957 bits per heavy atom. The van der Waals surface area contributed by atoms with Crippen LogP contribution in [0.15, 0.2) is 0 Å². The number of alkyl halides is 6. The number of hydrogen-bond acceptors (Lipinski definition) is 3. The van der Waals surface area contributed by atoms with Gasteiger partial charge in [0.15, 0.2) is 5.60 Å². The van der Waals surface area contributed by atoms with Crippen molar-refractivity contribution in [1.82, 2.24) is 0 Å². The molecule has 0 radical (unpaired) electrons. The lowest BCUT2D eigenvalue weighted by atomic mass is 9.81. The zero-order valence-corrected chi connectivity index (χ0v) is 13.7. The average Bonchev–Trinajstić information content (AvgIpc) is 2.34. The monoisotopic (exact) mass is 352 g/mol. The topological polar surface area (TPSA) is 46.5 Å². The number of rotatable bonds is 6. The first-order chi connectivity index (χ1) is 10.00. The fourth-order valence-electron chi connectivity index (χ4n) is 2.25. The Hall–Kier alpha value is -0.990. The highest BCUT2D eigenvalue weighted by Crippen LogP contribution is 2.51. The van der Waals surface area contributed by atoms with E-state index < -0.39 is 34.9 Å². The Balaban J connectivity index is 5.82. The Kier molecular flexibility index (Phi) is 6.21. The van der Waals surface area contributed by atoms with Gasteiger partial charge >= 0.3 is 18.3 Å². The quantitative estimate of drug-likeness (QED) is 0.570. The first kappa shape index (κ1) is 22.0. The van der Waals surface area contributed by atoms with Crippen LogP contribution in [0.4, 0.5) is 26.3 Å². The van der Waals surface area contributed by atoms with Crippen LogP contribution in [-0.2, 0) is 9.53 Å². The fraction of sp³-hybridized carbons (Fsp3) is 0.929. The standard InChI is InChI=1S/C14H22F6O3/c1-6-8-11(5,7-2)9(21)23-10(3,4)12(22,13(15,16)17)14(18,19)20/h22H,6-8H2,1-5H3. The summed E-state index contributed by atoms with van der Waals surface area (Å²) in [6, 6.07) is 0. The van der Waals surface area contributed by atoms with E-state index in [0.717, 1.165) is 0 Å². The maximum absolute atomic E-state index is 12.9. The third-order valence-corrected chi connectivity index (χ3v) is 4.11. The summed E-state index contributed by atoms with van der Waals surface area (Å²) >= 11 is 0. The molecular formula is C14H22F6O3. The van der Waals surface area contributed by atoms with Crippen LogP contribution in [0.1, 0.15) is 53.9 Å². The van der Waals surface area contributed by atoms with Crippen molar-refractivity contribution in [3.8, 4) is 0 Å². The number of halogens is 6. The molecule has 0 saturated heterocycles. The van der Waals surface area contributed by atoms with Crippen LogP contribution in [0.3, 0.4) is 0 Å². The van der Waals surface area contributed by atoms with Crippen molar-refractivity contribution in [1.29, 1.82) is 0 Å². The Bertz CT molecular complexity index is 413. The molecule has 0 aliphatic carbocycles. The molecule has 0 bridgehead atoms. The van der Waals surface area contributed by atoms with Crippen molar-refractivity contribution in [3.05, 3.63) is 0 Å². The molecule has 0 aliphatic rings. The van der Waals surface area contributed by atoms with Gasteiger partial charge in [-0.15, -0.1) is 0 Å². The van der Waals surface area contributed by atoms with Gasteiger partial charge in [-0.05, 0) is 33.6 Å². The number of ether oxygens (including phenoxy) is 1. The normalized spacial score (nSPS) is 16.9. The van der Waals surface area contributed by atoms with Gasteiger partial charge in [-0.25, -0.2) is 0 Å². The van der Waals surface area contributed by atoms with Crippen molar-refractivity contribution < 1.29 is 41.0 Å². The molecule has 1 unspecified atom stereocenters. The van der Waals surface area contributed by atoms with Gasteiger partial charge in [0.2, 0.25) is 0 Å². The average molecular weight is 352 g/mol. The van der Waals surface area contributed by atoms with Gasteiger partial charge in [-0.2, -0.15) is 26.3 Å². The predicted octanol–water partition coefficient (Wildman–Crippen LogP) is 4.38. The molecule has 1 N–H and O–H groups in total. The molecule has 0 spiro atoms. The number of esters is 1. The molecule has 1 atom stereocenters. The molecule has 0 amide bonds. The van der Waals surface area contributed by atoms with Crippen LogP contribution >= 0.6 is 0 Å². The Morgan fingerprint density at radius 3 is 1.61 bits per heavy atom. The highest BCUT2D eigenvalue weighted by Gasteiger charge is 2.78. The first-order valence-corrected chi connectivity index (χ1v) is 7.09. The number of hydrogen-bond donors (Lipinski definition) is 1. The van der Waals surface area contributed by atoms with Crippen LogP contribution in [0.2, 0.25) is 0 Å². The maximum atomic E-state index is 12.9. The van der Waals surface area contributed by atoms with Crippen LogP contribution in [0.5, 0.6) is 0 Å². The van der Waals surface area contributed by atoms with Crippen molar-refractivity contribution in [2.75, 3.05) is 0 Å². The van der Waals surface area contributed by atoms with E-state index in [1.807, 2.05) is 0 Å². The van der Waals surface area contributed by atoms with Crippen LogP contribution in [0, 0.1) is 5.41 Å². The summed E-state index contributed by atoms with van der Waals surface area (Å²) in [5, 5.41) is 9.40. The van der Waals surface area contributed by atoms with E-state index in [1.165, 1.54) is 6.92 Å². The molecule has 0 saturated carbocycles. The summed E-state index contributed by atoms with van der Waals surface area (Å²) in [4.78, 5) is 12.1. The van der Waals surface area contributed by atoms with Gasteiger partial charge in [-0.1, -0.05) is 20.3 Å². The van der Waals surface area contributed by atoms with Gasteiger partial charge in [0.1, 0.15) is 0 Å². The lowest BCUT2D eigenvalue weighted by Crippen LogP contribution is -2.70. The summed E-state index contributed by atoms with van der Waals surface area (Å²) in [5.74, 6) is -1.21. The highest BCUT2D eigenvalue weighted by atomic mass is 19.4. The number of aliphatic hydroxyl groups is 1. The molecule has 0 fully saturated rings. The van der Waals surface area contributed by atoms with Gasteiger partial charge in [-0.3, -0.25) is 4.79 Å². The summed E-state index contributed by atoms with van der Waals surface area (Å²) < 4.78 is 82.0. The van der Waals surface area contributed by atoms with E-state index in [1.54, 1.807) is 13.8 Å². The molecule has 0 aromatic rings. The van der Waals surface area contributed by atoms with Gasteiger partial charge < -0.3 is 9.84 Å². The van der Waals surface area contributed by atoms with Crippen LogP contribution in [-0.4, -0.2) is 34.6 Å². The molecule has 0 aromatic heterocycles. The van der Waals surface area contributed by atoms with E-state index >= 15 is 0 Å². The molecule has 9 heteroatoms. The van der Waals surface area contributed by atoms with E-state index in [4.69, 9.17) is 0 Å². The summed E-state index contributed by atoms with van der Waals surface area (Å²) in [7, 11) is 0. The third-order valence-electron chi connectivity index (χ3n) is 4.11. The minimum atomic E-state index is -6.07. The fourth-order valence-corrected chi connectivity index (χ4v) is 2.25. The van der Waals surface area contributed by atoms with Gasteiger partial charge in [0.25, 0.3) is 5.60 Å². The second kappa shape index (κ2) is 6.49. The minimum absolute atomic E-state index is 0.173. The lowest BCUT2D eigenvalue weighted by molar-refractivity contribution is -0.408. The van der Waals surface area contributed by atoms with E-state index in [9.17, 15) is 36.2 Å². The number of carbonyl (C=O) groups excluding carboxylic acids is 1. The van der Waals surface area contributed by atoms with Gasteiger partial charge in [0, 0.05) is 0 Å². The van der Waals surface area contributed by atoms with E-state index in [0.29, 0.717) is 20.3 Å². The smallest absolute Gasteiger partial charge is 0.430 e. The second-order valence-electron chi connectivity index (χ2n) is 6.27. The van der Waals surface area contributed by atoms with Crippen LogP contribution < -0.4 is 0 Å². The van der Waals surface area contributed by atoms with Crippen molar-refractivity contribution >= 4 is 5.97 Å². The predicted molar refractivity (Wildman–Crippen MR) is 70.5 cm³/mol. The molecule has 0 rings (SSSR count). The van der Waals surface area contributed by atoms with E-state index in [-0.39, 0.29) is 12.8 Å². The van der Waals surface area contributed by atoms with Crippen molar-refractivity contribution in [2.45, 2.75) is 77.4 Å². The van der Waals surface area contributed by atoms with E-state index in [2.05, 4.69) is 4.74 Å². The molecule has 3 nitrogen and oxygen atoms in total. The molecule has 23 heavy (non-hydrogen) atoms. The van der Waals surface area contributed by atoms with Crippen molar-refractivity contribution in [2.24, 2.45) is 5.41 Å². The molecule has 0 aliphatic heterocycles. The molecular weight excluding hydrogens is 330 g/mol. The number of carbonyl (C=O) groups is 1. The Morgan fingerprint density at radius 2 is 1.35 bits per heavy atom. The zero-order chi connectivity index (χ0) is 18.9. The maximum Gasteiger partial charge on any atom is 0.430 e. The first-order valence-electron chi connectivity index (χ1n) is 7.09. The second-order valence-corrected chi connectivity index (χ2v) is 6.27. The van der Waals surface area contributed by atoms with Gasteiger partial charge in [0.05, 0.1) is 5.41 Å². The Labute approximate surface area is 131 Å². The summed E-state index contributed by atoms with van der Waals surface area (Å²) in [6.45, 7) is 5.48. The van der Waals surface area contributed by atoms with Crippen LogP contribution in [0.25, 0.3) is 0 Å². The minimum Gasteiger partial charge on any atom is -0.455 e.